The van der Waals surface area contributed by atoms with E-state index in [-0.39, 0.29) is 23.8 Å². The molecule has 1 saturated carbocycles. The van der Waals surface area contributed by atoms with Crippen molar-refractivity contribution in [3.05, 3.63) is 53.7 Å². The van der Waals surface area contributed by atoms with Gasteiger partial charge in [-0.1, -0.05) is 32.9 Å². The van der Waals surface area contributed by atoms with Gasteiger partial charge in [-0.15, -0.1) is 0 Å². The zero-order valence-corrected chi connectivity index (χ0v) is 18.7. The first-order chi connectivity index (χ1) is 14.7. The number of hydrogen-bond acceptors (Lipinski definition) is 3. The van der Waals surface area contributed by atoms with Crippen molar-refractivity contribution < 1.29 is 9.59 Å². The van der Waals surface area contributed by atoms with Crippen LogP contribution >= 0.6 is 0 Å². The summed E-state index contributed by atoms with van der Waals surface area (Å²) in [5.74, 6) is -0.0619. The molecule has 1 heterocycles. The Labute approximate surface area is 183 Å². The summed E-state index contributed by atoms with van der Waals surface area (Å²) >= 11 is 0. The number of nitrogens with zero attached hydrogens (tertiary/aromatic N) is 2. The minimum Gasteiger partial charge on any atom is -0.354 e. The second-order valence-electron chi connectivity index (χ2n) is 9.69. The van der Waals surface area contributed by atoms with Crippen LogP contribution in [0.2, 0.25) is 0 Å². The van der Waals surface area contributed by atoms with Gasteiger partial charge in [-0.3, -0.25) is 14.3 Å². The second-order valence-corrected chi connectivity index (χ2v) is 9.69. The predicted molar refractivity (Wildman–Crippen MR) is 123 cm³/mol. The molecule has 0 spiro atoms. The minimum atomic E-state index is -0.0470. The lowest BCUT2D eigenvalue weighted by Crippen LogP contribution is -2.34. The number of nitrogens with one attached hydrogen (secondary N) is 2. The van der Waals surface area contributed by atoms with Gasteiger partial charge >= 0.3 is 0 Å². The summed E-state index contributed by atoms with van der Waals surface area (Å²) in [5, 5.41) is 11.4. The lowest BCUT2D eigenvalue weighted by molar-refractivity contribution is -0.122. The summed E-state index contributed by atoms with van der Waals surface area (Å²) in [7, 11) is 0. The van der Waals surface area contributed by atoms with E-state index >= 15 is 0 Å². The molecule has 0 saturated heterocycles. The van der Waals surface area contributed by atoms with Crippen LogP contribution in [0.25, 0.3) is 22.0 Å². The Morgan fingerprint density at radius 3 is 2.61 bits per heavy atom. The normalized spacial score (nSPS) is 13.9. The molecule has 3 aromatic rings. The molecule has 0 atom stereocenters. The molecule has 1 aromatic heterocycles. The van der Waals surface area contributed by atoms with Gasteiger partial charge in [0.15, 0.2) is 0 Å². The number of rotatable bonds is 6. The maximum atomic E-state index is 12.5. The van der Waals surface area contributed by atoms with E-state index in [1.165, 1.54) is 0 Å². The Bertz CT molecular complexity index is 1140. The van der Waals surface area contributed by atoms with Gasteiger partial charge < -0.3 is 10.6 Å². The highest BCUT2D eigenvalue weighted by molar-refractivity contribution is 5.96. The van der Waals surface area contributed by atoms with Gasteiger partial charge in [0.2, 0.25) is 5.91 Å². The van der Waals surface area contributed by atoms with Crippen LogP contribution < -0.4 is 10.6 Å². The standard InChI is InChI=1S/C25H30N4O2/c1-16-5-6-18(24(31)28-20-8-9-20)12-21(16)17-7-10-22-19(11-17)13-27-29(22)14-23(30)26-15-25(2,3)4/h5-7,10-13,20H,8-9,14-15H2,1-4H3,(H,26,30)(H,28,31). The SMILES string of the molecule is Cc1ccc(C(=O)NC2CC2)cc1-c1ccc2c(cnn2CC(=O)NCC(C)(C)C)c1. The topological polar surface area (TPSA) is 76.0 Å². The fourth-order valence-electron chi connectivity index (χ4n) is 3.51. The van der Waals surface area contributed by atoms with Gasteiger partial charge in [-0.25, -0.2) is 0 Å². The van der Waals surface area contributed by atoms with Crippen molar-refractivity contribution in [2.45, 2.75) is 53.1 Å². The van der Waals surface area contributed by atoms with E-state index in [4.69, 9.17) is 0 Å². The first-order valence-electron chi connectivity index (χ1n) is 10.8. The van der Waals surface area contributed by atoms with Gasteiger partial charge in [0.1, 0.15) is 6.54 Å². The average molecular weight is 419 g/mol. The smallest absolute Gasteiger partial charge is 0.251 e. The van der Waals surface area contributed by atoms with Crippen LogP contribution in [-0.4, -0.2) is 34.2 Å². The number of aryl methyl sites for hydroxylation is 1. The zero-order chi connectivity index (χ0) is 22.2. The number of hydrogen-bond donors (Lipinski definition) is 2. The van der Waals surface area contributed by atoms with Crippen LogP contribution in [0.5, 0.6) is 0 Å². The number of carbonyl (C=O) groups is 2. The highest BCUT2D eigenvalue weighted by atomic mass is 16.2. The third-order valence-corrected chi connectivity index (χ3v) is 5.47. The van der Waals surface area contributed by atoms with Crippen molar-refractivity contribution >= 4 is 22.7 Å². The van der Waals surface area contributed by atoms with E-state index in [9.17, 15) is 9.59 Å². The molecule has 0 radical (unpaired) electrons. The van der Waals surface area contributed by atoms with Crippen LogP contribution in [0.15, 0.2) is 42.6 Å². The van der Waals surface area contributed by atoms with E-state index in [0.717, 1.165) is 40.4 Å². The molecule has 0 aliphatic heterocycles. The molecule has 4 rings (SSSR count). The van der Waals surface area contributed by atoms with Crippen molar-refractivity contribution in [2.75, 3.05) is 6.54 Å². The van der Waals surface area contributed by atoms with Crippen molar-refractivity contribution in [3.63, 3.8) is 0 Å². The Hall–Kier alpha value is -3.15. The van der Waals surface area contributed by atoms with Crippen molar-refractivity contribution in [3.8, 4) is 11.1 Å². The Morgan fingerprint density at radius 1 is 1.13 bits per heavy atom. The first-order valence-corrected chi connectivity index (χ1v) is 10.8. The molecule has 2 N–H and O–H groups in total. The fraction of sp³-hybridized carbons (Fsp3) is 0.400. The molecule has 31 heavy (non-hydrogen) atoms. The number of benzene rings is 2. The monoisotopic (exact) mass is 418 g/mol. The number of aromatic nitrogens is 2. The highest BCUT2D eigenvalue weighted by Crippen LogP contribution is 2.28. The van der Waals surface area contributed by atoms with Crippen molar-refractivity contribution in [1.82, 2.24) is 20.4 Å². The summed E-state index contributed by atoms with van der Waals surface area (Å²) in [4.78, 5) is 24.8. The molecule has 2 amide bonds. The third kappa shape index (κ3) is 5.13. The van der Waals surface area contributed by atoms with Crippen LogP contribution in [-0.2, 0) is 11.3 Å². The Morgan fingerprint density at radius 2 is 1.90 bits per heavy atom. The predicted octanol–water partition coefficient (Wildman–Crippen LogP) is 4.07. The lowest BCUT2D eigenvalue weighted by Gasteiger charge is -2.18. The number of amides is 2. The van der Waals surface area contributed by atoms with Crippen LogP contribution in [0.3, 0.4) is 0 Å². The molecule has 6 heteroatoms. The summed E-state index contributed by atoms with van der Waals surface area (Å²) in [5.41, 5.74) is 4.80. The van der Waals surface area contributed by atoms with Crippen molar-refractivity contribution in [2.24, 2.45) is 5.41 Å². The molecule has 1 fully saturated rings. The number of fused-ring (bicyclic) bond motifs is 1. The van der Waals surface area contributed by atoms with E-state index in [2.05, 4.69) is 42.6 Å². The summed E-state index contributed by atoms with van der Waals surface area (Å²) in [6.45, 7) is 9.12. The van der Waals surface area contributed by atoms with E-state index in [1.807, 2.05) is 37.3 Å². The molecular formula is C25H30N4O2. The van der Waals surface area contributed by atoms with Gasteiger partial charge in [-0.2, -0.15) is 5.10 Å². The molecule has 6 nitrogen and oxygen atoms in total. The first kappa shape index (κ1) is 21.1. The Balaban J connectivity index is 1.55. The van der Waals surface area contributed by atoms with E-state index < -0.39 is 0 Å². The molecule has 0 bridgehead atoms. The van der Waals surface area contributed by atoms with Crippen LogP contribution in [0, 0.1) is 12.3 Å². The largest absolute Gasteiger partial charge is 0.354 e. The Kier molecular flexibility index (Phi) is 5.56. The van der Waals surface area contributed by atoms with Gasteiger partial charge in [-0.05, 0) is 66.1 Å². The molecule has 162 valence electrons. The summed E-state index contributed by atoms with van der Waals surface area (Å²) in [6, 6.07) is 12.2. The van der Waals surface area contributed by atoms with E-state index in [0.29, 0.717) is 18.2 Å². The quantitative estimate of drug-likeness (QED) is 0.634. The van der Waals surface area contributed by atoms with Crippen LogP contribution in [0.4, 0.5) is 0 Å². The molecule has 1 aliphatic carbocycles. The van der Waals surface area contributed by atoms with Crippen LogP contribution in [0.1, 0.15) is 49.5 Å². The lowest BCUT2D eigenvalue weighted by atomic mass is 9.97. The minimum absolute atomic E-state index is 0.0149. The maximum Gasteiger partial charge on any atom is 0.251 e. The number of carbonyl (C=O) groups excluding carboxylic acids is 2. The fourth-order valence-corrected chi connectivity index (χ4v) is 3.51. The van der Waals surface area contributed by atoms with Gasteiger partial charge in [0.25, 0.3) is 5.91 Å². The molecule has 1 aliphatic rings. The maximum absolute atomic E-state index is 12.5. The zero-order valence-electron chi connectivity index (χ0n) is 18.7. The average Bonchev–Trinajstić information content (AvgIpc) is 3.45. The van der Waals surface area contributed by atoms with E-state index in [1.54, 1.807) is 10.9 Å². The molecular weight excluding hydrogens is 388 g/mol. The molecule has 2 aromatic carbocycles. The summed E-state index contributed by atoms with van der Waals surface area (Å²) in [6.07, 6.45) is 3.92. The second kappa shape index (κ2) is 8.17. The highest BCUT2D eigenvalue weighted by Gasteiger charge is 2.24. The van der Waals surface area contributed by atoms with Gasteiger partial charge in [0, 0.05) is 23.5 Å². The van der Waals surface area contributed by atoms with Gasteiger partial charge in [0.05, 0.1) is 11.7 Å². The third-order valence-electron chi connectivity index (χ3n) is 5.47. The molecule has 0 unspecified atom stereocenters. The summed E-state index contributed by atoms with van der Waals surface area (Å²) < 4.78 is 1.73. The van der Waals surface area contributed by atoms with Crippen molar-refractivity contribution in [1.29, 1.82) is 0 Å².